The standard InChI is InChI=1S/C12H13FN2O4/c13-7-1-3-8(4-2-7)14-12(19)15-6-9(16)5-10(15)11(17)18/h1-4,9-10,16H,5-6H2,(H,14,19)(H,17,18)/p-1/t9-,10+/m0/s1. The summed E-state index contributed by atoms with van der Waals surface area (Å²) in [5, 5.41) is 22.7. The predicted octanol–water partition coefficient (Wildman–Crippen LogP) is -0.457. The largest absolute Gasteiger partial charge is 0.548 e. The number of hydrogen-bond acceptors (Lipinski definition) is 4. The van der Waals surface area contributed by atoms with Crippen LogP contribution in [-0.4, -0.2) is 40.7 Å². The van der Waals surface area contributed by atoms with Crippen molar-refractivity contribution in [2.75, 3.05) is 11.9 Å². The van der Waals surface area contributed by atoms with Crippen LogP contribution >= 0.6 is 0 Å². The van der Waals surface area contributed by atoms with Gasteiger partial charge < -0.3 is 25.2 Å². The summed E-state index contributed by atoms with van der Waals surface area (Å²) >= 11 is 0. The number of likely N-dealkylation sites (tertiary alicyclic amines) is 1. The van der Waals surface area contributed by atoms with E-state index in [4.69, 9.17) is 0 Å². The summed E-state index contributed by atoms with van der Waals surface area (Å²) in [6.45, 7) is -0.0777. The van der Waals surface area contributed by atoms with E-state index >= 15 is 0 Å². The predicted molar refractivity (Wildman–Crippen MR) is 61.5 cm³/mol. The zero-order valence-electron chi connectivity index (χ0n) is 9.88. The minimum atomic E-state index is -1.41. The number of amides is 2. The molecular formula is C12H12FN2O4-. The number of urea groups is 1. The van der Waals surface area contributed by atoms with Crippen LogP contribution in [0, 0.1) is 5.82 Å². The highest BCUT2D eigenvalue weighted by Gasteiger charge is 2.35. The first-order valence-corrected chi connectivity index (χ1v) is 5.69. The van der Waals surface area contributed by atoms with Gasteiger partial charge in [-0.2, -0.15) is 0 Å². The van der Waals surface area contributed by atoms with Crippen molar-refractivity contribution in [3.63, 3.8) is 0 Å². The fourth-order valence-electron chi connectivity index (χ4n) is 1.99. The molecule has 1 aliphatic rings. The first-order chi connectivity index (χ1) is 8.97. The molecule has 1 aromatic rings. The van der Waals surface area contributed by atoms with Crippen LogP contribution in [-0.2, 0) is 4.79 Å². The second-order valence-corrected chi connectivity index (χ2v) is 4.31. The quantitative estimate of drug-likeness (QED) is 0.758. The summed E-state index contributed by atoms with van der Waals surface area (Å²) in [5.41, 5.74) is 0.338. The molecule has 0 saturated carbocycles. The zero-order valence-corrected chi connectivity index (χ0v) is 9.88. The zero-order chi connectivity index (χ0) is 14.0. The van der Waals surface area contributed by atoms with Gasteiger partial charge in [-0.1, -0.05) is 0 Å². The summed E-state index contributed by atoms with van der Waals surface area (Å²) < 4.78 is 12.7. The fraction of sp³-hybridized carbons (Fsp3) is 0.333. The lowest BCUT2D eigenvalue weighted by atomic mass is 10.2. The van der Waals surface area contributed by atoms with E-state index in [0.717, 1.165) is 4.90 Å². The van der Waals surface area contributed by atoms with Crippen LogP contribution < -0.4 is 10.4 Å². The Morgan fingerprint density at radius 2 is 2.00 bits per heavy atom. The molecule has 0 unspecified atom stereocenters. The maximum absolute atomic E-state index is 12.7. The van der Waals surface area contributed by atoms with Gasteiger partial charge in [0.05, 0.1) is 18.1 Å². The van der Waals surface area contributed by atoms with Gasteiger partial charge in [0.1, 0.15) is 5.82 Å². The van der Waals surface area contributed by atoms with Crippen LogP contribution in [0.4, 0.5) is 14.9 Å². The number of carbonyl (C=O) groups is 2. The lowest BCUT2D eigenvalue weighted by Gasteiger charge is -2.25. The van der Waals surface area contributed by atoms with Crippen LogP contribution in [0.3, 0.4) is 0 Å². The summed E-state index contributed by atoms with van der Waals surface area (Å²) in [5.74, 6) is -1.85. The minimum Gasteiger partial charge on any atom is -0.548 e. The van der Waals surface area contributed by atoms with E-state index in [2.05, 4.69) is 5.32 Å². The van der Waals surface area contributed by atoms with Gasteiger partial charge in [0, 0.05) is 18.7 Å². The Balaban J connectivity index is 2.06. The molecule has 2 N–H and O–H groups in total. The number of rotatable bonds is 2. The number of aliphatic carboxylic acids is 1. The second-order valence-electron chi connectivity index (χ2n) is 4.31. The molecule has 102 valence electrons. The molecule has 1 fully saturated rings. The van der Waals surface area contributed by atoms with Crippen molar-refractivity contribution in [1.29, 1.82) is 0 Å². The number of carboxylic acid groups (broad SMARTS) is 1. The third-order valence-corrected chi connectivity index (χ3v) is 2.91. The van der Waals surface area contributed by atoms with Crippen molar-refractivity contribution < 1.29 is 24.2 Å². The van der Waals surface area contributed by atoms with E-state index in [1.165, 1.54) is 24.3 Å². The van der Waals surface area contributed by atoms with Crippen molar-refractivity contribution in [2.24, 2.45) is 0 Å². The van der Waals surface area contributed by atoms with Gasteiger partial charge >= 0.3 is 6.03 Å². The smallest absolute Gasteiger partial charge is 0.322 e. The average Bonchev–Trinajstić information content (AvgIpc) is 2.74. The Morgan fingerprint density at radius 1 is 1.37 bits per heavy atom. The van der Waals surface area contributed by atoms with Gasteiger partial charge in [0.15, 0.2) is 0 Å². The number of benzene rings is 1. The fourth-order valence-corrected chi connectivity index (χ4v) is 1.99. The molecule has 0 aliphatic carbocycles. The van der Waals surface area contributed by atoms with Crippen molar-refractivity contribution in [2.45, 2.75) is 18.6 Å². The molecule has 1 heterocycles. The monoisotopic (exact) mass is 267 g/mol. The normalized spacial score (nSPS) is 22.3. The molecule has 1 aromatic carbocycles. The van der Waals surface area contributed by atoms with E-state index in [0.29, 0.717) is 5.69 Å². The number of β-amino-alcohol motifs (C(OH)–C–C–N with tert-alkyl or cyclic N) is 1. The van der Waals surface area contributed by atoms with E-state index in [9.17, 15) is 24.2 Å². The lowest BCUT2D eigenvalue weighted by Crippen LogP contribution is -2.48. The van der Waals surface area contributed by atoms with Crippen molar-refractivity contribution in [1.82, 2.24) is 4.90 Å². The molecule has 2 amide bonds. The molecule has 0 aromatic heterocycles. The number of hydrogen-bond donors (Lipinski definition) is 2. The van der Waals surface area contributed by atoms with Crippen LogP contribution in [0.2, 0.25) is 0 Å². The molecule has 0 bridgehead atoms. The minimum absolute atomic E-state index is 0.0564. The highest BCUT2D eigenvalue weighted by molar-refractivity contribution is 5.92. The average molecular weight is 267 g/mol. The van der Waals surface area contributed by atoms with E-state index in [1.807, 2.05) is 0 Å². The Morgan fingerprint density at radius 3 is 2.58 bits per heavy atom. The molecule has 1 aliphatic heterocycles. The number of carbonyl (C=O) groups excluding carboxylic acids is 2. The Kier molecular flexibility index (Phi) is 3.66. The van der Waals surface area contributed by atoms with Crippen molar-refractivity contribution in [3.05, 3.63) is 30.1 Å². The van der Waals surface area contributed by atoms with E-state index in [1.54, 1.807) is 0 Å². The number of nitrogens with zero attached hydrogens (tertiary/aromatic N) is 1. The Bertz CT molecular complexity index is 491. The van der Waals surface area contributed by atoms with Gasteiger partial charge in [-0.15, -0.1) is 0 Å². The molecule has 2 rings (SSSR count). The number of aliphatic hydroxyl groups excluding tert-OH is 1. The maximum atomic E-state index is 12.7. The van der Waals surface area contributed by atoms with Crippen molar-refractivity contribution in [3.8, 4) is 0 Å². The van der Waals surface area contributed by atoms with Gasteiger partial charge in [-0.25, -0.2) is 9.18 Å². The van der Waals surface area contributed by atoms with E-state index in [-0.39, 0.29) is 13.0 Å². The molecule has 6 nitrogen and oxygen atoms in total. The van der Waals surface area contributed by atoms with Crippen LogP contribution in [0.25, 0.3) is 0 Å². The molecule has 7 heteroatoms. The highest BCUT2D eigenvalue weighted by Crippen LogP contribution is 2.19. The van der Waals surface area contributed by atoms with Crippen LogP contribution in [0.1, 0.15) is 6.42 Å². The molecule has 2 atom stereocenters. The van der Waals surface area contributed by atoms with Crippen molar-refractivity contribution >= 4 is 17.7 Å². The summed E-state index contributed by atoms with van der Waals surface area (Å²) in [7, 11) is 0. The number of anilines is 1. The first-order valence-electron chi connectivity index (χ1n) is 5.69. The number of nitrogens with one attached hydrogen (secondary N) is 1. The SMILES string of the molecule is O=C([O-])[C@H]1C[C@H](O)CN1C(=O)Nc1ccc(F)cc1. The number of halogens is 1. The third kappa shape index (κ3) is 3.00. The Hall–Kier alpha value is -2.15. The van der Waals surface area contributed by atoms with Gasteiger partial charge in [0.25, 0.3) is 0 Å². The molecule has 0 radical (unpaired) electrons. The molecule has 1 saturated heterocycles. The van der Waals surface area contributed by atoms with Gasteiger partial charge in [0.2, 0.25) is 0 Å². The summed E-state index contributed by atoms with van der Waals surface area (Å²) in [4.78, 5) is 23.7. The van der Waals surface area contributed by atoms with E-state index < -0.39 is 30.0 Å². The van der Waals surface area contributed by atoms with Crippen LogP contribution in [0.15, 0.2) is 24.3 Å². The van der Waals surface area contributed by atoms with Gasteiger partial charge in [-0.3, -0.25) is 0 Å². The second kappa shape index (κ2) is 5.23. The lowest BCUT2D eigenvalue weighted by molar-refractivity contribution is -0.310. The first kappa shape index (κ1) is 13.3. The highest BCUT2D eigenvalue weighted by atomic mass is 19.1. The third-order valence-electron chi connectivity index (χ3n) is 2.91. The molecule has 19 heavy (non-hydrogen) atoms. The number of carboxylic acids is 1. The number of aliphatic hydroxyl groups is 1. The van der Waals surface area contributed by atoms with Gasteiger partial charge in [-0.05, 0) is 24.3 Å². The maximum Gasteiger partial charge on any atom is 0.322 e. The topological polar surface area (TPSA) is 92.7 Å². The van der Waals surface area contributed by atoms with Crippen LogP contribution in [0.5, 0.6) is 0 Å². The summed E-state index contributed by atoms with van der Waals surface area (Å²) in [6, 6.07) is 3.23. The summed E-state index contributed by atoms with van der Waals surface area (Å²) in [6.07, 6.45) is -0.944. The molecule has 0 spiro atoms. The Labute approximate surface area is 108 Å². The molecular weight excluding hydrogens is 255 g/mol.